The monoisotopic (exact) mass is 1110 g/mol. The molecule has 3 nitrogen and oxygen atoms in total. The number of para-hydroxylation sites is 2. The van der Waals surface area contributed by atoms with Crippen LogP contribution in [0.3, 0.4) is 0 Å². The molecule has 10 aromatic rings. The Morgan fingerprint density at radius 1 is 0.662 bits per heavy atom. The van der Waals surface area contributed by atoms with Gasteiger partial charge in [0.25, 0.3) is 0 Å². The number of imidazole rings is 1. The smallest absolute Gasteiger partial charge is 0.123 e. The molecule has 7 heteroatoms. The largest absolute Gasteiger partial charge is 0.333 e. The molecule has 345 valence electrons. The zero-order valence-electron chi connectivity index (χ0n) is 42.2. The van der Waals surface area contributed by atoms with Crippen molar-refractivity contribution >= 4 is 55.8 Å². The van der Waals surface area contributed by atoms with E-state index in [-0.39, 0.29) is 43.7 Å². The van der Waals surface area contributed by atoms with Gasteiger partial charge in [-0.15, -0.1) is 59.7 Å². The van der Waals surface area contributed by atoms with Crippen LogP contribution in [0.4, 0.5) is 4.39 Å². The zero-order chi connectivity index (χ0) is 48.8. The Kier molecular flexibility index (Phi) is 13.8. The van der Waals surface area contributed by atoms with Crippen LogP contribution < -0.4 is 5.19 Å². The van der Waals surface area contributed by atoms with E-state index in [4.69, 9.17) is 7.73 Å². The van der Waals surface area contributed by atoms with Crippen molar-refractivity contribution in [3.63, 3.8) is 0 Å². The molecule has 68 heavy (non-hydrogen) atoms. The van der Waals surface area contributed by atoms with E-state index in [2.05, 4.69) is 166 Å². The first-order valence-electron chi connectivity index (χ1n) is 24.3. The number of thiophene rings is 1. The van der Waals surface area contributed by atoms with Gasteiger partial charge in [0.2, 0.25) is 0 Å². The number of benzene rings is 7. The molecule has 0 N–H and O–H groups in total. The summed E-state index contributed by atoms with van der Waals surface area (Å²) in [5, 5.41) is 3.46. The number of pyridine rings is 1. The van der Waals surface area contributed by atoms with Gasteiger partial charge in [-0.25, -0.2) is 4.39 Å². The molecule has 3 aromatic heterocycles. The maximum absolute atomic E-state index is 13.7. The Hall–Kier alpha value is -5.82. The number of hydrogen-bond donors (Lipinski definition) is 0. The van der Waals surface area contributed by atoms with Crippen molar-refractivity contribution in [2.45, 2.75) is 79.4 Å². The van der Waals surface area contributed by atoms with Crippen molar-refractivity contribution in [1.29, 1.82) is 0 Å². The Morgan fingerprint density at radius 2 is 1.31 bits per heavy atom. The van der Waals surface area contributed by atoms with E-state index in [1.54, 1.807) is 11.3 Å². The van der Waals surface area contributed by atoms with Crippen molar-refractivity contribution in [1.82, 2.24) is 14.5 Å². The van der Waals surface area contributed by atoms with Crippen LogP contribution in [0.25, 0.3) is 81.8 Å². The maximum atomic E-state index is 13.7. The summed E-state index contributed by atoms with van der Waals surface area (Å²) in [6, 6.07) is 57.9. The molecule has 0 aliphatic carbocycles. The molecule has 0 saturated heterocycles. The fourth-order valence-electron chi connectivity index (χ4n) is 8.90. The molecule has 0 fully saturated rings. The maximum Gasteiger partial charge on any atom is 0.123 e. The molecule has 7 aromatic carbocycles. The SMILES string of the molecule is CC(C)c1cc(-c2ccccc2)cc(C(C)C)c1-n1c(-c2[c-]cc3sc4ccc(-c5ccc(F)cc5)cc4c3c2)nc2ccccc21.[2H]C([2H])(c1cc(-c2[c-]cccc2)ncc1[Si](C)(C)C)C(C)C.[Ir]. The minimum absolute atomic E-state index is 0. The molecule has 0 aliphatic rings. The summed E-state index contributed by atoms with van der Waals surface area (Å²) in [6.07, 6.45) is 0.528. The summed E-state index contributed by atoms with van der Waals surface area (Å²) in [5.41, 5.74) is 13.8. The van der Waals surface area contributed by atoms with Gasteiger partial charge in [0.05, 0.1) is 24.9 Å². The first-order chi connectivity index (χ1) is 33.0. The summed E-state index contributed by atoms with van der Waals surface area (Å²) in [4.78, 5) is 9.87. The Balaban J connectivity index is 0.000000242. The summed E-state index contributed by atoms with van der Waals surface area (Å²) in [7, 11) is -1.67. The first kappa shape index (κ1) is 45.9. The molecule has 0 bridgehead atoms. The zero-order valence-corrected chi connectivity index (χ0v) is 44.4. The summed E-state index contributed by atoms with van der Waals surface area (Å²) >= 11 is 1.77. The molecule has 0 saturated carbocycles. The number of aromatic nitrogens is 3. The van der Waals surface area contributed by atoms with Gasteiger partial charge in [-0.1, -0.05) is 139 Å². The van der Waals surface area contributed by atoms with Crippen LogP contribution >= 0.6 is 11.3 Å². The average molecular weight is 1110 g/mol. The molecular formula is C61H58FIrN3SSi-2. The van der Waals surface area contributed by atoms with Crippen LogP contribution in [0.5, 0.6) is 0 Å². The predicted molar refractivity (Wildman–Crippen MR) is 287 cm³/mol. The molecule has 0 spiro atoms. The summed E-state index contributed by atoms with van der Waals surface area (Å²) in [5.74, 6) is 1.15. The molecule has 0 atom stereocenters. The second kappa shape index (κ2) is 20.4. The van der Waals surface area contributed by atoms with Gasteiger partial charge < -0.3 is 9.55 Å². The predicted octanol–water partition coefficient (Wildman–Crippen LogP) is 16.9. The number of halogens is 1. The van der Waals surface area contributed by atoms with Gasteiger partial charge in [-0.05, 0) is 127 Å². The Labute approximate surface area is 423 Å². The number of rotatable bonds is 10. The minimum atomic E-state index is -1.67. The van der Waals surface area contributed by atoms with Crippen LogP contribution in [-0.4, -0.2) is 22.6 Å². The fraction of sp³-hybridized carbons (Fsp3) is 0.213. The van der Waals surface area contributed by atoms with Crippen LogP contribution in [0.1, 0.15) is 72.8 Å². The molecule has 3 heterocycles. The van der Waals surface area contributed by atoms with Crippen LogP contribution in [0.15, 0.2) is 158 Å². The third-order valence-electron chi connectivity index (χ3n) is 12.3. The first-order valence-corrected chi connectivity index (χ1v) is 27.6. The van der Waals surface area contributed by atoms with E-state index in [0.29, 0.717) is 0 Å². The van der Waals surface area contributed by atoms with E-state index in [9.17, 15) is 4.39 Å². The summed E-state index contributed by atoms with van der Waals surface area (Å²) in [6.45, 7) is 19.7. The normalized spacial score (nSPS) is 12.4. The van der Waals surface area contributed by atoms with Gasteiger partial charge in [0, 0.05) is 39.4 Å². The van der Waals surface area contributed by atoms with Crippen LogP contribution in [0.2, 0.25) is 19.6 Å². The van der Waals surface area contributed by atoms with Gasteiger partial charge in [-0.3, -0.25) is 4.98 Å². The second-order valence-electron chi connectivity index (χ2n) is 19.3. The van der Waals surface area contributed by atoms with Crippen molar-refractivity contribution in [2.24, 2.45) is 5.92 Å². The van der Waals surface area contributed by atoms with E-state index in [1.165, 1.54) is 60.2 Å². The van der Waals surface area contributed by atoms with Gasteiger partial charge >= 0.3 is 0 Å². The molecule has 0 aliphatic heterocycles. The molecule has 10 rings (SSSR count). The number of hydrogen-bond acceptors (Lipinski definition) is 3. The Bertz CT molecular complexity index is 3420. The quantitative estimate of drug-likeness (QED) is 0.101. The fourth-order valence-corrected chi connectivity index (χ4v) is 11.4. The van der Waals surface area contributed by atoms with Gasteiger partial charge in [-0.2, -0.15) is 11.3 Å². The van der Waals surface area contributed by atoms with E-state index in [1.807, 2.05) is 62.5 Å². The van der Waals surface area contributed by atoms with E-state index in [0.717, 1.165) is 55.6 Å². The third-order valence-corrected chi connectivity index (χ3v) is 15.4. The summed E-state index contributed by atoms with van der Waals surface area (Å²) < 4.78 is 35.6. The number of fused-ring (bicyclic) bond motifs is 4. The average Bonchev–Trinajstić information content (AvgIpc) is 3.92. The third kappa shape index (κ3) is 10.1. The van der Waals surface area contributed by atoms with Crippen molar-refractivity contribution in [3.05, 3.63) is 192 Å². The molecule has 0 unspecified atom stereocenters. The van der Waals surface area contributed by atoms with Crippen LogP contribution in [0, 0.1) is 23.9 Å². The standard InChI is InChI=1S/C43H34FN2S.C18H24NSi.Ir/c1-26(2)34-24-32(28-10-6-5-7-11-28)25-35(27(3)4)42(34)46-39-13-9-8-12-38(39)45-43(46)31-17-21-41-37(23-31)36-22-30(16-20-40(36)47-41)29-14-18-33(44)19-15-29;1-14(2)11-16-12-17(15-9-7-6-8-10-15)19-13-18(16)20(3,4)5;/h5-16,18-27H,1-4H3;6-9,12-14H,11H2,1-5H3;/q2*-1;/i;11D2;. The Morgan fingerprint density at radius 3 is 1.97 bits per heavy atom. The minimum Gasteiger partial charge on any atom is -0.333 e. The molecule has 1 radical (unpaired) electrons. The van der Waals surface area contributed by atoms with Crippen LogP contribution in [-0.2, 0) is 26.5 Å². The molecular weight excluding hydrogens is 1050 g/mol. The van der Waals surface area contributed by atoms with E-state index < -0.39 is 14.4 Å². The molecule has 0 amide bonds. The number of nitrogens with zero attached hydrogens (tertiary/aromatic N) is 3. The van der Waals surface area contributed by atoms with E-state index >= 15 is 0 Å². The van der Waals surface area contributed by atoms with Gasteiger partial charge in [0.1, 0.15) is 5.82 Å². The van der Waals surface area contributed by atoms with Gasteiger partial charge in [0.15, 0.2) is 0 Å². The topological polar surface area (TPSA) is 30.7 Å². The van der Waals surface area contributed by atoms with Crippen molar-refractivity contribution in [3.8, 4) is 50.6 Å². The second-order valence-corrected chi connectivity index (χ2v) is 25.4. The van der Waals surface area contributed by atoms with Crippen molar-refractivity contribution in [2.75, 3.05) is 0 Å². The van der Waals surface area contributed by atoms with Crippen molar-refractivity contribution < 1.29 is 27.2 Å².